The minimum Gasteiger partial charge on any atom is -0.424 e. The SMILES string of the molecule is CC(c1nnnn1Cc1ccccc1)N1CCCN(C2CCC2)CC1.c1ccc(Oc2ncccn2)cc1. The molecule has 2 aromatic carbocycles. The number of tetrazole rings is 1. The third-order valence-electron chi connectivity index (χ3n) is 7.31. The fraction of sp³-hybridized carbons (Fsp3) is 0.414. The van der Waals surface area contributed by atoms with Gasteiger partial charge in [0.1, 0.15) is 5.75 Å². The molecule has 6 rings (SSSR count). The molecule has 0 amide bonds. The standard InChI is InChI=1S/C19H28N6.C10H8N2O/c1-16(23-11-6-12-24(14-13-23)18-9-5-10-18)19-20-21-22-25(19)15-17-7-3-2-4-8-17;1-2-5-9(6-3-1)13-10-11-7-4-8-12-10/h2-4,7-8,16,18H,5-6,9-15H2,1H3;1-8H. The van der Waals surface area contributed by atoms with E-state index in [0.29, 0.717) is 6.01 Å². The van der Waals surface area contributed by atoms with Crippen molar-refractivity contribution in [2.45, 2.75) is 51.2 Å². The average Bonchev–Trinajstić information content (AvgIpc) is 3.25. The predicted molar refractivity (Wildman–Crippen MR) is 146 cm³/mol. The van der Waals surface area contributed by atoms with Crippen LogP contribution in [0.5, 0.6) is 11.8 Å². The lowest BCUT2D eigenvalue weighted by atomic mass is 9.91. The zero-order valence-corrected chi connectivity index (χ0v) is 22.0. The van der Waals surface area contributed by atoms with Gasteiger partial charge in [-0.3, -0.25) is 9.80 Å². The lowest BCUT2D eigenvalue weighted by Crippen LogP contribution is -2.42. The summed E-state index contributed by atoms with van der Waals surface area (Å²) in [4.78, 5) is 13.1. The van der Waals surface area contributed by atoms with Crippen molar-refractivity contribution in [1.29, 1.82) is 0 Å². The Morgan fingerprint density at radius 2 is 1.58 bits per heavy atom. The third kappa shape index (κ3) is 6.99. The van der Waals surface area contributed by atoms with Crippen LogP contribution >= 0.6 is 0 Å². The smallest absolute Gasteiger partial charge is 0.321 e. The van der Waals surface area contributed by atoms with E-state index in [4.69, 9.17) is 4.74 Å². The molecule has 0 radical (unpaired) electrons. The monoisotopic (exact) mass is 512 g/mol. The van der Waals surface area contributed by atoms with Crippen molar-refractivity contribution in [2.75, 3.05) is 26.2 Å². The zero-order chi connectivity index (χ0) is 26.0. The first-order valence-electron chi connectivity index (χ1n) is 13.5. The lowest BCUT2D eigenvalue weighted by Gasteiger charge is -2.37. The van der Waals surface area contributed by atoms with E-state index in [1.807, 2.05) is 41.1 Å². The van der Waals surface area contributed by atoms with Crippen molar-refractivity contribution < 1.29 is 4.74 Å². The van der Waals surface area contributed by atoms with Gasteiger partial charge in [0.2, 0.25) is 0 Å². The highest BCUT2D eigenvalue weighted by Gasteiger charge is 2.29. The van der Waals surface area contributed by atoms with Crippen LogP contribution in [0.3, 0.4) is 0 Å². The highest BCUT2D eigenvalue weighted by molar-refractivity contribution is 5.23. The summed E-state index contributed by atoms with van der Waals surface area (Å²) in [6.45, 7) is 7.62. The van der Waals surface area contributed by atoms with Gasteiger partial charge in [-0.2, -0.15) is 0 Å². The first-order chi connectivity index (χ1) is 18.8. The van der Waals surface area contributed by atoms with Crippen LogP contribution in [0.15, 0.2) is 79.1 Å². The van der Waals surface area contributed by atoms with E-state index < -0.39 is 0 Å². The van der Waals surface area contributed by atoms with Gasteiger partial charge in [0, 0.05) is 38.1 Å². The molecule has 4 aromatic rings. The maximum absolute atomic E-state index is 5.36. The number of nitrogens with zero attached hydrogens (tertiary/aromatic N) is 8. The second-order valence-electron chi connectivity index (χ2n) is 9.81. The van der Waals surface area contributed by atoms with Crippen LogP contribution in [0.25, 0.3) is 0 Å². The Labute approximate surface area is 224 Å². The highest BCUT2D eigenvalue weighted by atomic mass is 16.5. The number of rotatable bonds is 7. The van der Waals surface area contributed by atoms with E-state index >= 15 is 0 Å². The number of hydrogen-bond acceptors (Lipinski definition) is 8. The molecule has 2 fully saturated rings. The summed E-state index contributed by atoms with van der Waals surface area (Å²) in [5, 5.41) is 12.5. The van der Waals surface area contributed by atoms with Gasteiger partial charge >= 0.3 is 6.01 Å². The molecule has 1 atom stereocenters. The summed E-state index contributed by atoms with van der Waals surface area (Å²) >= 11 is 0. The van der Waals surface area contributed by atoms with Gasteiger partial charge in [-0.15, -0.1) is 5.10 Å². The van der Waals surface area contributed by atoms with Crippen LogP contribution in [0.1, 0.15) is 50.0 Å². The molecule has 1 unspecified atom stereocenters. The van der Waals surface area contributed by atoms with Gasteiger partial charge in [-0.25, -0.2) is 14.6 Å². The molecule has 0 bridgehead atoms. The Morgan fingerprint density at radius 3 is 2.29 bits per heavy atom. The highest BCUT2D eigenvalue weighted by Crippen LogP contribution is 2.27. The predicted octanol–water partition coefficient (Wildman–Crippen LogP) is 4.61. The lowest BCUT2D eigenvalue weighted by molar-refractivity contribution is 0.126. The van der Waals surface area contributed by atoms with Crippen LogP contribution < -0.4 is 4.74 Å². The van der Waals surface area contributed by atoms with Gasteiger partial charge in [0.25, 0.3) is 0 Å². The maximum Gasteiger partial charge on any atom is 0.321 e. The topological polar surface area (TPSA) is 85.1 Å². The fourth-order valence-electron chi connectivity index (χ4n) is 4.94. The zero-order valence-electron chi connectivity index (χ0n) is 22.0. The molecule has 1 saturated heterocycles. The van der Waals surface area contributed by atoms with Crippen molar-refractivity contribution in [2.24, 2.45) is 0 Å². The van der Waals surface area contributed by atoms with Gasteiger partial charge in [-0.1, -0.05) is 55.0 Å². The Balaban J connectivity index is 0.000000190. The minimum atomic E-state index is 0.250. The van der Waals surface area contributed by atoms with E-state index in [2.05, 4.69) is 66.5 Å². The molecule has 9 heteroatoms. The Hall–Kier alpha value is -3.69. The molecule has 38 heavy (non-hydrogen) atoms. The number of benzene rings is 2. The molecule has 0 spiro atoms. The van der Waals surface area contributed by atoms with Gasteiger partial charge in [0.15, 0.2) is 5.82 Å². The maximum atomic E-state index is 5.36. The van der Waals surface area contributed by atoms with E-state index in [0.717, 1.165) is 37.3 Å². The molecule has 1 aliphatic carbocycles. The van der Waals surface area contributed by atoms with E-state index in [1.165, 1.54) is 44.3 Å². The summed E-state index contributed by atoms with van der Waals surface area (Å²) in [5.41, 5.74) is 1.23. The number of ether oxygens (including phenoxy) is 1. The Kier molecular flexibility index (Phi) is 9.02. The molecule has 1 aliphatic heterocycles. The molecule has 0 N–H and O–H groups in total. The second kappa shape index (κ2) is 13.2. The van der Waals surface area contributed by atoms with Crippen LogP contribution in [0.4, 0.5) is 0 Å². The van der Waals surface area contributed by atoms with Crippen molar-refractivity contribution in [3.05, 3.63) is 90.5 Å². The molecule has 9 nitrogen and oxygen atoms in total. The minimum absolute atomic E-state index is 0.250. The first kappa shape index (κ1) is 25.9. The van der Waals surface area contributed by atoms with Crippen molar-refractivity contribution in [1.82, 2.24) is 40.0 Å². The van der Waals surface area contributed by atoms with Crippen molar-refractivity contribution >= 4 is 0 Å². The van der Waals surface area contributed by atoms with E-state index in [9.17, 15) is 0 Å². The van der Waals surface area contributed by atoms with Crippen LogP contribution in [-0.2, 0) is 6.54 Å². The molecule has 198 valence electrons. The van der Waals surface area contributed by atoms with Crippen LogP contribution in [-0.4, -0.2) is 72.2 Å². The normalized spacial score (nSPS) is 17.5. The average molecular weight is 513 g/mol. The van der Waals surface area contributed by atoms with E-state index in [-0.39, 0.29) is 6.04 Å². The molecule has 2 aromatic heterocycles. The largest absolute Gasteiger partial charge is 0.424 e. The van der Waals surface area contributed by atoms with Crippen LogP contribution in [0.2, 0.25) is 0 Å². The number of para-hydroxylation sites is 1. The third-order valence-corrected chi connectivity index (χ3v) is 7.31. The second-order valence-corrected chi connectivity index (χ2v) is 9.81. The summed E-state index contributed by atoms with van der Waals surface area (Å²) < 4.78 is 7.31. The first-order valence-corrected chi connectivity index (χ1v) is 13.5. The van der Waals surface area contributed by atoms with Crippen molar-refractivity contribution in [3.63, 3.8) is 0 Å². The Morgan fingerprint density at radius 1 is 0.842 bits per heavy atom. The summed E-state index contributed by atoms with van der Waals surface area (Å²) in [6.07, 6.45) is 8.73. The molecular formula is C29H36N8O. The molecular weight excluding hydrogens is 476 g/mol. The summed E-state index contributed by atoms with van der Waals surface area (Å²) in [7, 11) is 0. The number of hydrogen-bond donors (Lipinski definition) is 0. The van der Waals surface area contributed by atoms with Gasteiger partial charge in [-0.05, 0) is 66.9 Å². The number of aromatic nitrogens is 6. The van der Waals surface area contributed by atoms with Crippen molar-refractivity contribution in [3.8, 4) is 11.8 Å². The van der Waals surface area contributed by atoms with Gasteiger partial charge in [0.05, 0.1) is 12.6 Å². The van der Waals surface area contributed by atoms with E-state index in [1.54, 1.807) is 18.5 Å². The summed E-state index contributed by atoms with van der Waals surface area (Å²) in [6, 6.07) is 23.1. The fourth-order valence-corrected chi connectivity index (χ4v) is 4.94. The molecule has 2 aliphatic rings. The van der Waals surface area contributed by atoms with Crippen LogP contribution in [0, 0.1) is 0 Å². The molecule has 1 saturated carbocycles. The summed E-state index contributed by atoms with van der Waals surface area (Å²) in [5.74, 6) is 1.72. The quantitative estimate of drug-likeness (QED) is 0.355. The Bertz CT molecular complexity index is 1180. The van der Waals surface area contributed by atoms with Gasteiger partial charge < -0.3 is 4.74 Å². The molecule has 3 heterocycles.